The number of anilines is 2. The number of sulfonamides is 1. The van der Waals surface area contributed by atoms with Gasteiger partial charge < -0.3 is 14.8 Å². The lowest BCUT2D eigenvalue weighted by atomic mass is 10.2. The SMILES string of the molecule is COc1ccc(N(Cc2ccccc2)S(=O)(=O)c2cc(C(=O)OCC(=O)Nc3ccc(C(F)(F)F)cc3)ccc2Cl)cc1. The van der Waals surface area contributed by atoms with Crippen molar-refractivity contribution in [1.82, 2.24) is 0 Å². The number of hydrogen-bond acceptors (Lipinski definition) is 6. The van der Waals surface area contributed by atoms with Gasteiger partial charge in [0.15, 0.2) is 6.61 Å². The van der Waals surface area contributed by atoms with Gasteiger partial charge in [-0.3, -0.25) is 9.10 Å². The summed E-state index contributed by atoms with van der Waals surface area (Å²) < 4.78 is 77.5. The van der Waals surface area contributed by atoms with Gasteiger partial charge in [-0.2, -0.15) is 13.2 Å². The topological polar surface area (TPSA) is 102 Å². The standard InChI is InChI=1S/C30H24ClF3N2O6S/c1-41-25-14-12-24(13-15-25)36(18-20-5-3-2-4-6-20)43(39,40)27-17-21(7-16-26(27)31)29(38)42-19-28(37)35-23-10-8-22(9-11-23)30(32,33)34/h2-17H,18-19H2,1H3,(H,35,37). The zero-order chi connectivity index (χ0) is 31.2. The highest BCUT2D eigenvalue weighted by molar-refractivity contribution is 7.93. The fourth-order valence-corrected chi connectivity index (χ4v) is 5.87. The predicted octanol–water partition coefficient (Wildman–Crippen LogP) is 6.56. The molecule has 0 heterocycles. The van der Waals surface area contributed by atoms with Crippen LogP contribution < -0.4 is 14.4 Å². The van der Waals surface area contributed by atoms with E-state index >= 15 is 0 Å². The van der Waals surface area contributed by atoms with Crippen LogP contribution in [0.4, 0.5) is 24.5 Å². The van der Waals surface area contributed by atoms with Crippen molar-refractivity contribution in [2.24, 2.45) is 0 Å². The number of halogens is 4. The minimum absolute atomic E-state index is 0.0510. The lowest BCUT2D eigenvalue weighted by Gasteiger charge is -2.25. The molecule has 1 amide bonds. The summed E-state index contributed by atoms with van der Waals surface area (Å²) in [5, 5.41) is 2.17. The maximum atomic E-state index is 14.0. The van der Waals surface area contributed by atoms with Crippen molar-refractivity contribution in [3.05, 3.63) is 119 Å². The van der Waals surface area contributed by atoms with E-state index in [1.165, 1.54) is 19.2 Å². The second kappa shape index (κ2) is 13.2. The molecule has 1 N–H and O–H groups in total. The van der Waals surface area contributed by atoms with Gasteiger partial charge in [0.1, 0.15) is 10.6 Å². The van der Waals surface area contributed by atoms with E-state index in [2.05, 4.69) is 5.32 Å². The molecule has 0 saturated heterocycles. The number of nitrogens with one attached hydrogen (secondary N) is 1. The number of hydrogen-bond donors (Lipinski definition) is 1. The van der Waals surface area contributed by atoms with Gasteiger partial charge in [0, 0.05) is 5.69 Å². The van der Waals surface area contributed by atoms with Crippen LogP contribution in [0.1, 0.15) is 21.5 Å². The predicted molar refractivity (Wildman–Crippen MR) is 155 cm³/mol. The molecule has 8 nitrogen and oxygen atoms in total. The van der Waals surface area contributed by atoms with Crippen molar-refractivity contribution in [2.75, 3.05) is 23.3 Å². The Kier molecular flexibility index (Phi) is 9.62. The third kappa shape index (κ3) is 7.85. The summed E-state index contributed by atoms with van der Waals surface area (Å²) in [5.41, 5.74) is -0.0216. The molecule has 0 aliphatic heterocycles. The number of carbonyl (C=O) groups is 2. The van der Waals surface area contributed by atoms with Crippen molar-refractivity contribution in [3.63, 3.8) is 0 Å². The van der Waals surface area contributed by atoms with Gasteiger partial charge >= 0.3 is 12.1 Å². The molecule has 0 fully saturated rings. The van der Waals surface area contributed by atoms with E-state index in [0.29, 0.717) is 17.0 Å². The first-order chi connectivity index (χ1) is 20.4. The van der Waals surface area contributed by atoms with Crippen molar-refractivity contribution >= 4 is 44.9 Å². The van der Waals surface area contributed by atoms with E-state index in [4.69, 9.17) is 21.1 Å². The van der Waals surface area contributed by atoms with Crippen LogP contribution in [0.3, 0.4) is 0 Å². The van der Waals surface area contributed by atoms with E-state index in [0.717, 1.165) is 34.6 Å². The molecular formula is C30H24ClF3N2O6S. The van der Waals surface area contributed by atoms with Gasteiger partial charge in [0.05, 0.1) is 35.5 Å². The minimum atomic E-state index is -4.53. The minimum Gasteiger partial charge on any atom is -0.497 e. The van der Waals surface area contributed by atoms with Gasteiger partial charge in [0.2, 0.25) is 0 Å². The Bertz CT molecular complexity index is 1700. The first kappa shape index (κ1) is 31.4. The molecule has 4 aromatic rings. The molecule has 0 bridgehead atoms. The quantitative estimate of drug-likeness (QED) is 0.199. The smallest absolute Gasteiger partial charge is 0.416 e. The average Bonchev–Trinajstić information content (AvgIpc) is 2.99. The van der Waals surface area contributed by atoms with Crippen molar-refractivity contribution in [1.29, 1.82) is 0 Å². The third-order valence-corrected chi connectivity index (χ3v) is 8.35. The van der Waals surface area contributed by atoms with Crippen LogP contribution in [0, 0.1) is 0 Å². The molecular weight excluding hydrogens is 609 g/mol. The Labute approximate surface area is 250 Å². The molecule has 0 radical (unpaired) electrons. The molecule has 0 atom stereocenters. The summed E-state index contributed by atoms with van der Waals surface area (Å²) >= 11 is 6.31. The summed E-state index contributed by atoms with van der Waals surface area (Å²) in [6.07, 6.45) is -4.53. The number of alkyl halides is 3. The zero-order valence-corrected chi connectivity index (χ0v) is 24.0. The number of benzene rings is 4. The molecule has 0 spiro atoms. The van der Waals surface area contributed by atoms with E-state index in [1.54, 1.807) is 54.6 Å². The normalized spacial score (nSPS) is 11.5. The molecule has 4 aromatic carbocycles. The van der Waals surface area contributed by atoms with Crippen LogP contribution in [-0.4, -0.2) is 34.0 Å². The van der Waals surface area contributed by atoms with Crippen molar-refractivity contribution in [3.8, 4) is 5.75 Å². The fraction of sp³-hybridized carbons (Fsp3) is 0.133. The second-order valence-corrected chi connectivity index (χ2v) is 11.3. The summed E-state index contributed by atoms with van der Waals surface area (Å²) in [6.45, 7) is -0.832. The lowest BCUT2D eigenvalue weighted by Crippen LogP contribution is -2.31. The van der Waals surface area contributed by atoms with Gasteiger partial charge in [-0.1, -0.05) is 41.9 Å². The largest absolute Gasteiger partial charge is 0.497 e. The molecule has 4 rings (SSSR count). The number of carbonyl (C=O) groups excluding carboxylic acids is 2. The van der Waals surface area contributed by atoms with E-state index in [9.17, 15) is 31.2 Å². The zero-order valence-electron chi connectivity index (χ0n) is 22.5. The number of ether oxygens (including phenoxy) is 2. The first-order valence-electron chi connectivity index (χ1n) is 12.5. The van der Waals surface area contributed by atoms with Crippen molar-refractivity contribution < 1.29 is 40.7 Å². The molecule has 13 heteroatoms. The first-order valence-corrected chi connectivity index (χ1v) is 14.3. The Morgan fingerprint density at radius 1 is 0.907 bits per heavy atom. The molecule has 0 aliphatic carbocycles. The number of nitrogens with zero attached hydrogens (tertiary/aromatic N) is 1. The third-order valence-electron chi connectivity index (χ3n) is 6.09. The van der Waals surface area contributed by atoms with Crippen LogP contribution in [0.15, 0.2) is 102 Å². The molecule has 43 heavy (non-hydrogen) atoms. The number of rotatable bonds is 10. The molecule has 0 unspecified atom stereocenters. The van der Waals surface area contributed by atoms with Crippen LogP contribution in [-0.2, 0) is 32.3 Å². The van der Waals surface area contributed by atoms with Gasteiger partial charge in [-0.05, 0) is 72.3 Å². The van der Waals surface area contributed by atoms with Gasteiger partial charge in [0.25, 0.3) is 15.9 Å². The van der Waals surface area contributed by atoms with Crippen LogP contribution >= 0.6 is 11.6 Å². The highest BCUT2D eigenvalue weighted by Crippen LogP contribution is 2.32. The molecule has 0 aliphatic rings. The Hall–Kier alpha value is -4.55. The lowest BCUT2D eigenvalue weighted by molar-refractivity contribution is -0.137. The van der Waals surface area contributed by atoms with Crippen LogP contribution in [0.2, 0.25) is 5.02 Å². The fourth-order valence-electron chi connectivity index (χ4n) is 3.91. The molecule has 0 saturated carbocycles. The second-order valence-electron chi connectivity index (χ2n) is 9.04. The number of esters is 1. The van der Waals surface area contributed by atoms with E-state index < -0.39 is 40.2 Å². The average molecular weight is 633 g/mol. The number of amides is 1. The summed E-state index contributed by atoms with van der Waals surface area (Å²) in [6, 6.07) is 22.4. The Balaban J connectivity index is 1.53. The van der Waals surface area contributed by atoms with Gasteiger partial charge in [-0.25, -0.2) is 13.2 Å². The Morgan fingerprint density at radius 3 is 2.16 bits per heavy atom. The summed E-state index contributed by atoms with van der Waals surface area (Å²) in [4.78, 5) is 24.6. The Morgan fingerprint density at radius 2 is 1.56 bits per heavy atom. The molecule has 0 aromatic heterocycles. The van der Waals surface area contributed by atoms with E-state index in [1.807, 2.05) is 0 Å². The van der Waals surface area contributed by atoms with E-state index in [-0.39, 0.29) is 27.7 Å². The number of methoxy groups -OCH3 is 1. The maximum absolute atomic E-state index is 14.0. The monoisotopic (exact) mass is 632 g/mol. The molecule has 224 valence electrons. The van der Waals surface area contributed by atoms with Crippen LogP contribution in [0.25, 0.3) is 0 Å². The summed E-state index contributed by atoms with van der Waals surface area (Å²) in [7, 11) is -2.87. The highest BCUT2D eigenvalue weighted by Gasteiger charge is 2.30. The van der Waals surface area contributed by atoms with Crippen LogP contribution in [0.5, 0.6) is 5.75 Å². The van der Waals surface area contributed by atoms with Crippen molar-refractivity contribution in [2.45, 2.75) is 17.6 Å². The van der Waals surface area contributed by atoms with Gasteiger partial charge in [-0.15, -0.1) is 0 Å². The summed E-state index contributed by atoms with van der Waals surface area (Å²) in [5.74, 6) is -1.32. The highest BCUT2D eigenvalue weighted by atomic mass is 35.5. The maximum Gasteiger partial charge on any atom is 0.416 e.